The van der Waals surface area contributed by atoms with Gasteiger partial charge < -0.3 is 19.3 Å². The van der Waals surface area contributed by atoms with Gasteiger partial charge in [-0.05, 0) is 13.8 Å². The van der Waals surface area contributed by atoms with Gasteiger partial charge in [-0.1, -0.05) is 0 Å². The van der Waals surface area contributed by atoms with E-state index in [1.165, 1.54) is 0 Å². The van der Waals surface area contributed by atoms with Crippen molar-refractivity contribution in [1.29, 1.82) is 0 Å². The highest BCUT2D eigenvalue weighted by Crippen LogP contribution is 2.22. The third-order valence-corrected chi connectivity index (χ3v) is 1.21. The third-order valence-electron chi connectivity index (χ3n) is 1.21. The van der Waals surface area contributed by atoms with E-state index in [-0.39, 0.29) is 6.61 Å². The number of carboxylic acid groups (broad SMARTS) is 1. The van der Waals surface area contributed by atoms with E-state index in [1.807, 2.05) is 0 Å². The predicted molar refractivity (Wildman–Crippen MR) is 34.0 cm³/mol. The summed E-state index contributed by atoms with van der Waals surface area (Å²) >= 11 is 0. The van der Waals surface area contributed by atoms with Crippen molar-refractivity contribution in [1.82, 2.24) is 0 Å². The van der Waals surface area contributed by atoms with Crippen molar-refractivity contribution in [2.75, 3.05) is 6.61 Å². The maximum Gasteiger partial charge on any atom is 0.508 e. The lowest BCUT2D eigenvalue weighted by molar-refractivity contribution is -0.177. The number of hydrogen-bond donors (Lipinski definition) is 1. The molecular formula is C6H10O5. The molecule has 0 aromatic heterocycles. The van der Waals surface area contributed by atoms with Crippen LogP contribution in [0.1, 0.15) is 13.8 Å². The fraction of sp³-hybridized carbons (Fsp3) is 0.833. The van der Waals surface area contributed by atoms with E-state index in [1.54, 1.807) is 13.8 Å². The average Bonchev–Trinajstić information content (AvgIpc) is 2.08. The summed E-state index contributed by atoms with van der Waals surface area (Å²) in [6.07, 6.45) is -2.14. The van der Waals surface area contributed by atoms with Crippen LogP contribution in [0.25, 0.3) is 0 Å². The molecule has 0 aromatic carbocycles. The van der Waals surface area contributed by atoms with E-state index in [4.69, 9.17) is 14.6 Å². The lowest BCUT2D eigenvalue weighted by Crippen LogP contribution is -2.24. The van der Waals surface area contributed by atoms with Gasteiger partial charge in [-0.2, -0.15) is 0 Å². The van der Waals surface area contributed by atoms with Gasteiger partial charge in [0.2, 0.25) is 6.29 Å². The molecule has 1 aliphatic rings. The Kier molecular flexibility index (Phi) is 2.01. The van der Waals surface area contributed by atoms with Crippen molar-refractivity contribution < 1.29 is 24.1 Å². The van der Waals surface area contributed by atoms with E-state index in [0.717, 1.165) is 0 Å². The molecule has 64 valence electrons. The molecule has 0 radical (unpaired) electrons. The van der Waals surface area contributed by atoms with Crippen LogP contribution < -0.4 is 0 Å². The monoisotopic (exact) mass is 162 g/mol. The first kappa shape index (κ1) is 8.29. The molecule has 0 spiro atoms. The number of ether oxygens (including phenoxy) is 3. The molecule has 5 heteroatoms. The standard InChI is InChI=1S/C6H10O5/c1-6(2)9-3-4(11-6)10-5(7)8/h4H,3H2,1-2H3,(H,7,8). The lowest BCUT2D eigenvalue weighted by Gasteiger charge is -2.15. The van der Waals surface area contributed by atoms with Gasteiger partial charge in [0.15, 0.2) is 5.79 Å². The molecular weight excluding hydrogens is 152 g/mol. The van der Waals surface area contributed by atoms with Gasteiger partial charge in [0, 0.05) is 0 Å². The topological polar surface area (TPSA) is 65.0 Å². The van der Waals surface area contributed by atoms with E-state index in [2.05, 4.69) is 4.74 Å². The molecule has 1 saturated heterocycles. The van der Waals surface area contributed by atoms with Crippen molar-refractivity contribution in [3.63, 3.8) is 0 Å². The van der Waals surface area contributed by atoms with Crippen LogP contribution in [0.4, 0.5) is 4.79 Å². The first-order valence-corrected chi connectivity index (χ1v) is 3.21. The molecule has 1 rings (SSSR count). The Labute approximate surface area is 63.9 Å². The van der Waals surface area contributed by atoms with Crippen LogP contribution in [0.3, 0.4) is 0 Å². The average molecular weight is 162 g/mol. The fourth-order valence-corrected chi connectivity index (χ4v) is 0.824. The van der Waals surface area contributed by atoms with Crippen molar-refractivity contribution >= 4 is 6.16 Å². The minimum Gasteiger partial charge on any atom is -0.450 e. The van der Waals surface area contributed by atoms with Crippen LogP contribution in [0, 0.1) is 0 Å². The summed E-state index contributed by atoms with van der Waals surface area (Å²) < 4.78 is 14.4. The zero-order chi connectivity index (χ0) is 8.48. The Morgan fingerprint density at radius 3 is 2.73 bits per heavy atom. The molecule has 1 N–H and O–H groups in total. The van der Waals surface area contributed by atoms with Crippen molar-refractivity contribution in [3.8, 4) is 0 Å². The largest absolute Gasteiger partial charge is 0.508 e. The van der Waals surface area contributed by atoms with Crippen LogP contribution in [0.2, 0.25) is 0 Å². The van der Waals surface area contributed by atoms with Crippen LogP contribution in [-0.4, -0.2) is 29.9 Å². The summed E-state index contributed by atoms with van der Waals surface area (Å²) in [6.45, 7) is 3.54. The Balaban J connectivity index is 2.36. The molecule has 0 aromatic rings. The van der Waals surface area contributed by atoms with Gasteiger partial charge in [-0.15, -0.1) is 0 Å². The Morgan fingerprint density at radius 1 is 1.73 bits per heavy atom. The van der Waals surface area contributed by atoms with Gasteiger partial charge in [0.05, 0.1) is 0 Å². The van der Waals surface area contributed by atoms with Gasteiger partial charge >= 0.3 is 6.16 Å². The molecule has 0 saturated carbocycles. The van der Waals surface area contributed by atoms with Gasteiger partial charge in [0.1, 0.15) is 6.61 Å². The molecule has 1 aliphatic heterocycles. The van der Waals surface area contributed by atoms with Crippen LogP contribution >= 0.6 is 0 Å². The van der Waals surface area contributed by atoms with E-state index in [0.29, 0.717) is 0 Å². The zero-order valence-electron chi connectivity index (χ0n) is 6.36. The summed E-state index contributed by atoms with van der Waals surface area (Å²) in [5.74, 6) is -0.736. The Morgan fingerprint density at radius 2 is 2.36 bits per heavy atom. The van der Waals surface area contributed by atoms with E-state index in [9.17, 15) is 4.79 Å². The quantitative estimate of drug-likeness (QED) is 0.577. The second-order valence-corrected chi connectivity index (χ2v) is 2.64. The summed E-state index contributed by atoms with van der Waals surface area (Å²) in [5, 5.41) is 8.19. The minimum absolute atomic E-state index is 0.152. The second kappa shape index (κ2) is 2.67. The molecule has 5 nitrogen and oxygen atoms in total. The first-order valence-electron chi connectivity index (χ1n) is 3.21. The van der Waals surface area contributed by atoms with E-state index < -0.39 is 18.2 Å². The van der Waals surface area contributed by atoms with Gasteiger partial charge in [-0.3, -0.25) is 0 Å². The number of hydrogen-bond acceptors (Lipinski definition) is 4. The van der Waals surface area contributed by atoms with Gasteiger partial charge in [-0.25, -0.2) is 4.79 Å². The summed E-state index contributed by atoms with van der Waals surface area (Å²) in [6, 6.07) is 0. The summed E-state index contributed by atoms with van der Waals surface area (Å²) in [4.78, 5) is 10.0. The van der Waals surface area contributed by atoms with Crippen LogP contribution in [0.5, 0.6) is 0 Å². The highest BCUT2D eigenvalue weighted by molar-refractivity contribution is 5.56. The van der Waals surface area contributed by atoms with Gasteiger partial charge in [0.25, 0.3) is 0 Å². The van der Waals surface area contributed by atoms with Crippen molar-refractivity contribution in [2.24, 2.45) is 0 Å². The Bertz CT molecular complexity index is 164. The maximum atomic E-state index is 10.0. The molecule has 1 fully saturated rings. The number of rotatable bonds is 1. The molecule has 1 heterocycles. The van der Waals surface area contributed by atoms with E-state index >= 15 is 0 Å². The predicted octanol–water partition coefficient (Wildman–Crippen LogP) is 0.790. The minimum atomic E-state index is -1.35. The van der Waals surface area contributed by atoms with Crippen LogP contribution in [-0.2, 0) is 14.2 Å². The molecule has 1 unspecified atom stereocenters. The molecule has 1 atom stereocenters. The first-order chi connectivity index (χ1) is 4.99. The third kappa shape index (κ3) is 2.36. The highest BCUT2D eigenvalue weighted by Gasteiger charge is 2.34. The highest BCUT2D eigenvalue weighted by atomic mass is 16.8. The van der Waals surface area contributed by atoms with Crippen LogP contribution in [0.15, 0.2) is 0 Å². The van der Waals surface area contributed by atoms with Crippen molar-refractivity contribution in [2.45, 2.75) is 25.9 Å². The lowest BCUT2D eigenvalue weighted by atomic mass is 10.4. The SMILES string of the molecule is CC1(C)OCC(OC(=O)O)O1. The maximum absolute atomic E-state index is 10.0. The zero-order valence-corrected chi connectivity index (χ0v) is 6.36. The second-order valence-electron chi connectivity index (χ2n) is 2.64. The fourth-order valence-electron chi connectivity index (χ4n) is 0.824. The normalized spacial score (nSPS) is 28.4. The Hall–Kier alpha value is -0.810. The molecule has 11 heavy (non-hydrogen) atoms. The summed E-state index contributed by atoms with van der Waals surface area (Å²) in [5.41, 5.74) is 0. The smallest absolute Gasteiger partial charge is 0.450 e. The van der Waals surface area contributed by atoms with Crippen molar-refractivity contribution in [3.05, 3.63) is 0 Å². The molecule has 0 aliphatic carbocycles. The number of carbonyl (C=O) groups is 1. The molecule has 0 amide bonds. The summed E-state index contributed by atoms with van der Waals surface area (Å²) in [7, 11) is 0. The molecule has 0 bridgehead atoms.